The molecular weight excluding hydrogens is 260 g/mol. The maximum atomic E-state index is 11.9. The van der Waals surface area contributed by atoms with Crippen LogP contribution < -0.4 is 10.1 Å². The van der Waals surface area contributed by atoms with Crippen LogP contribution in [0, 0.1) is 5.41 Å². The Morgan fingerprint density at radius 3 is 2.65 bits per heavy atom. The Hall–Kier alpha value is -2.11. The molecule has 1 rings (SSSR count). The number of pyridine rings is 1. The third kappa shape index (κ3) is 4.53. The van der Waals surface area contributed by atoms with Crippen LogP contribution in [-0.4, -0.2) is 28.1 Å². The fraction of sp³-hybridized carbons (Fsp3) is 0.500. The molecule has 110 valence electrons. The van der Waals surface area contributed by atoms with Gasteiger partial charge in [0.25, 0.3) is 0 Å². The van der Waals surface area contributed by atoms with E-state index in [-0.39, 0.29) is 18.4 Å². The standard InChI is InChI=1S/C14H20N2O4/c1-9(2)20-12-10(6-5-7-15-12)16-11(17)8-14(3,4)13(18)19/h5-7,9H,8H2,1-4H3,(H,16,17)(H,18,19). The first kappa shape index (κ1) is 15.9. The van der Waals surface area contributed by atoms with Gasteiger partial charge in [-0.2, -0.15) is 0 Å². The van der Waals surface area contributed by atoms with Crippen LogP contribution in [0.5, 0.6) is 5.88 Å². The lowest BCUT2D eigenvalue weighted by molar-refractivity contribution is -0.148. The lowest BCUT2D eigenvalue weighted by Crippen LogP contribution is -2.29. The molecule has 20 heavy (non-hydrogen) atoms. The molecule has 2 N–H and O–H groups in total. The summed E-state index contributed by atoms with van der Waals surface area (Å²) in [5.74, 6) is -1.08. The predicted octanol–water partition coefficient (Wildman–Crippen LogP) is 2.31. The molecule has 0 aliphatic rings. The molecule has 0 saturated carbocycles. The number of ether oxygens (including phenoxy) is 1. The molecule has 0 saturated heterocycles. The molecule has 0 fully saturated rings. The summed E-state index contributed by atoms with van der Waals surface area (Å²) in [6, 6.07) is 3.33. The number of nitrogens with one attached hydrogen (secondary N) is 1. The molecular formula is C14H20N2O4. The second-order valence-electron chi connectivity index (χ2n) is 5.44. The van der Waals surface area contributed by atoms with Crippen molar-refractivity contribution in [2.75, 3.05) is 5.32 Å². The van der Waals surface area contributed by atoms with E-state index in [1.807, 2.05) is 13.8 Å². The summed E-state index contributed by atoms with van der Waals surface area (Å²) >= 11 is 0. The van der Waals surface area contributed by atoms with E-state index in [1.54, 1.807) is 18.3 Å². The van der Waals surface area contributed by atoms with Crippen molar-refractivity contribution in [2.24, 2.45) is 5.41 Å². The fourth-order valence-electron chi connectivity index (χ4n) is 1.47. The molecule has 0 spiro atoms. The van der Waals surface area contributed by atoms with E-state index in [9.17, 15) is 9.59 Å². The van der Waals surface area contributed by atoms with Gasteiger partial charge in [0.05, 0.1) is 11.5 Å². The predicted molar refractivity (Wildman–Crippen MR) is 74.7 cm³/mol. The summed E-state index contributed by atoms with van der Waals surface area (Å²) < 4.78 is 5.48. The minimum absolute atomic E-state index is 0.0731. The average Bonchev–Trinajstić information content (AvgIpc) is 2.30. The number of hydrogen-bond acceptors (Lipinski definition) is 4. The van der Waals surface area contributed by atoms with Gasteiger partial charge >= 0.3 is 5.97 Å². The van der Waals surface area contributed by atoms with Gasteiger partial charge in [-0.25, -0.2) is 4.98 Å². The summed E-state index contributed by atoms with van der Waals surface area (Å²) in [4.78, 5) is 27.0. The van der Waals surface area contributed by atoms with Crippen LogP contribution in [0.4, 0.5) is 5.69 Å². The zero-order valence-electron chi connectivity index (χ0n) is 12.1. The number of carbonyl (C=O) groups is 2. The first-order valence-electron chi connectivity index (χ1n) is 6.37. The van der Waals surface area contributed by atoms with E-state index in [0.29, 0.717) is 11.6 Å². The van der Waals surface area contributed by atoms with Crippen molar-refractivity contribution in [1.82, 2.24) is 4.98 Å². The van der Waals surface area contributed by atoms with Crippen molar-refractivity contribution in [3.63, 3.8) is 0 Å². The highest BCUT2D eigenvalue weighted by atomic mass is 16.5. The van der Waals surface area contributed by atoms with Gasteiger partial charge in [0.2, 0.25) is 11.8 Å². The lowest BCUT2D eigenvalue weighted by atomic mass is 9.89. The first-order valence-corrected chi connectivity index (χ1v) is 6.37. The van der Waals surface area contributed by atoms with Crippen molar-refractivity contribution >= 4 is 17.6 Å². The summed E-state index contributed by atoms with van der Waals surface area (Å²) in [5.41, 5.74) is -0.682. The minimum Gasteiger partial charge on any atom is -0.481 e. The van der Waals surface area contributed by atoms with E-state index in [0.717, 1.165) is 0 Å². The van der Waals surface area contributed by atoms with Crippen molar-refractivity contribution in [1.29, 1.82) is 0 Å². The average molecular weight is 280 g/mol. The van der Waals surface area contributed by atoms with Gasteiger partial charge in [-0.3, -0.25) is 9.59 Å². The van der Waals surface area contributed by atoms with Crippen molar-refractivity contribution in [2.45, 2.75) is 40.2 Å². The monoisotopic (exact) mass is 280 g/mol. The van der Waals surface area contributed by atoms with E-state index < -0.39 is 11.4 Å². The topological polar surface area (TPSA) is 88.5 Å². The molecule has 6 nitrogen and oxygen atoms in total. The Morgan fingerprint density at radius 2 is 2.10 bits per heavy atom. The summed E-state index contributed by atoms with van der Waals surface area (Å²) in [6.07, 6.45) is 1.36. The number of rotatable bonds is 6. The van der Waals surface area contributed by atoms with Gasteiger partial charge in [0.15, 0.2) is 0 Å². The summed E-state index contributed by atoms with van der Waals surface area (Å²) in [7, 11) is 0. The van der Waals surface area contributed by atoms with Gasteiger partial charge in [0, 0.05) is 12.6 Å². The maximum absolute atomic E-state index is 11.9. The third-order valence-electron chi connectivity index (χ3n) is 2.57. The Bertz CT molecular complexity index is 498. The number of hydrogen-bond donors (Lipinski definition) is 2. The van der Waals surface area contributed by atoms with E-state index >= 15 is 0 Å². The number of nitrogens with zero attached hydrogens (tertiary/aromatic N) is 1. The van der Waals surface area contributed by atoms with Gasteiger partial charge < -0.3 is 15.2 Å². The van der Waals surface area contributed by atoms with Gasteiger partial charge in [-0.05, 0) is 39.8 Å². The molecule has 0 bridgehead atoms. The number of carboxylic acid groups (broad SMARTS) is 1. The highest BCUT2D eigenvalue weighted by molar-refractivity contribution is 5.94. The molecule has 1 aromatic rings. The van der Waals surface area contributed by atoms with Crippen LogP contribution in [0.2, 0.25) is 0 Å². The van der Waals surface area contributed by atoms with Crippen molar-refractivity contribution in [3.8, 4) is 5.88 Å². The van der Waals surface area contributed by atoms with Gasteiger partial charge in [-0.1, -0.05) is 0 Å². The lowest BCUT2D eigenvalue weighted by Gasteiger charge is -2.19. The highest BCUT2D eigenvalue weighted by Crippen LogP contribution is 2.25. The molecule has 1 amide bonds. The molecule has 0 aliphatic heterocycles. The van der Waals surface area contributed by atoms with Crippen LogP contribution in [0.1, 0.15) is 34.1 Å². The number of carbonyl (C=O) groups excluding carboxylic acids is 1. The smallest absolute Gasteiger partial charge is 0.309 e. The second-order valence-corrected chi connectivity index (χ2v) is 5.44. The molecule has 0 aromatic carbocycles. The Labute approximate surface area is 118 Å². The molecule has 0 aliphatic carbocycles. The summed E-state index contributed by atoms with van der Waals surface area (Å²) in [5, 5.41) is 11.6. The Balaban J connectivity index is 2.78. The normalized spacial score (nSPS) is 11.2. The number of carboxylic acids is 1. The highest BCUT2D eigenvalue weighted by Gasteiger charge is 2.30. The van der Waals surface area contributed by atoms with Crippen LogP contribution >= 0.6 is 0 Å². The minimum atomic E-state index is -1.12. The number of anilines is 1. The quantitative estimate of drug-likeness (QED) is 0.834. The summed E-state index contributed by atoms with van der Waals surface area (Å²) in [6.45, 7) is 6.72. The van der Waals surface area contributed by atoms with Crippen molar-refractivity contribution < 1.29 is 19.4 Å². The fourth-order valence-corrected chi connectivity index (χ4v) is 1.47. The van der Waals surface area contributed by atoms with Crippen LogP contribution in [0.3, 0.4) is 0 Å². The van der Waals surface area contributed by atoms with Crippen LogP contribution in [0.15, 0.2) is 18.3 Å². The molecule has 0 unspecified atom stereocenters. The van der Waals surface area contributed by atoms with E-state index in [4.69, 9.17) is 9.84 Å². The molecule has 6 heteroatoms. The van der Waals surface area contributed by atoms with E-state index in [1.165, 1.54) is 13.8 Å². The largest absolute Gasteiger partial charge is 0.481 e. The maximum Gasteiger partial charge on any atom is 0.309 e. The second kappa shape index (κ2) is 6.36. The van der Waals surface area contributed by atoms with Crippen LogP contribution in [0.25, 0.3) is 0 Å². The van der Waals surface area contributed by atoms with E-state index in [2.05, 4.69) is 10.3 Å². The number of aromatic nitrogens is 1. The Morgan fingerprint density at radius 1 is 1.45 bits per heavy atom. The molecule has 1 heterocycles. The van der Waals surface area contributed by atoms with Gasteiger partial charge in [-0.15, -0.1) is 0 Å². The van der Waals surface area contributed by atoms with Gasteiger partial charge in [0.1, 0.15) is 5.69 Å². The number of aliphatic carboxylic acids is 1. The zero-order chi connectivity index (χ0) is 15.3. The van der Waals surface area contributed by atoms with Crippen molar-refractivity contribution in [3.05, 3.63) is 18.3 Å². The Kier molecular flexibility index (Phi) is 5.07. The molecule has 0 atom stereocenters. The number of amides is 1. The SMILES string of the molecule is CC(C)Oc1ncccc1NC(=O)CC(C)(C)C(=O)O. The first-order chi connectivity index (χ1) is 9.22. The molecule has 0 radical (unpaired) electrons. The van der Waals surface area contributed by atoms with Crippen LogP contribution in [-0.2, 0) is 9.59 Å². The zero-order valence-corrected chi connectivity index (χ0v) is 12.1. The third-order valence-corrected chi connectivity index (χ3v) is 2.57. The molecule has 1 aromatic heterocycles.